The summed E-state index contributed by atoms with van der Waals surface area (Å²) in [5.74, 6) is 0.451. The van der Waals surface area contributed by atoms with Crippen LogP contribution >= 0.6 is 15.9 Å². The highest BCUT2D eigenvalue weighted by molar-refractivity contribution is 9.10. The fourth-order valence-corrected chi connectivity index (χ4v) is 1.75. The number of rotatable bonds is 1. The van der Waals surface area contributed by atoms with Crippen molar-refractivity contribution in [2.45, 2.75) is 0 Å². The van der Waals surface area contributed by atoms with Gasteiger partial charge in [0.25, 0.3) is 0 Å². The van der Waals surface area contributed by atoms with Gasteiger partial charge in [-0.25, -0.2) is 0 Å². The van der Waals surface area contributed by atoms with Crippen molar-refractivity contribution in [2.24, 2.45) is 0 Å². The van der Waals surface area contributed by atoms with Gasteiger partial charge in [-0.1, -0.05) is 21.1 Å². The zero-order chi connectivity index (χ0) is 10.1. The second kappa shape index (κ2) is 3.34. The number of hydrogen-bond acceptors (Lipinski definition) is 4. The molecule has 3 N–H and O–H groups in total. The lowest BCUT2D eigenvalue weighted by Gasteiger charge is -2.01. The molecular weight excluding hydrogens is 248 g/mol. The van der Waals surface area contributed by atoms with Gasteiger partial charge in [0.2, 0.25) is 5.88 Å². The van der Waals surface area contributed by atoms with E-state index in [1.807, 2.05) is 0 Å². The van der Waals surface area contributed by atoms with Crippen molar-refractivity contribution in [3.05, 3.63) is 28.9 Å². The number of anilines is 1. The van der Waals surface area contributed by atoms with Crippen molar-refractivity contribution in [3.8, 4) is 16.9 Å². The predicted molar refractivity (Wildman–Crippen MR) is 55.7 cm³/mol. The molecule has 0 aliphatic heterocycles. The van der Waals surface area contributed by atoms with Crippen LogP contribution in [0.25, 0.3) is 11.1 Å². The molecular formula is C9H7BrN2O2. The highest BCUT2D eigenvalue weighted by Crippen LogP contribution is 2.33. The molecule has 0 radical (unpaired) electrons. The number of nitrogens with two attached hydrogens (primary N) is 1. The summed E-state index contributed by atoms with van der Waals surface area (Å²) in [5, 5.41) is 12.8. The molecule has 0 amide bonds. The standard InChI is InChI=1S/C9H7BrN2O2/c10-8-3-5(13)1-2-6(8)7-4-12-14-9(7)11/h1-4,13H,11H2. The van der Waals surface area contributed by atoms with Crippen molar-refractivity contribution in [2.75, 3.05) is 5.73 Å². The molecule has 5 heteroatoms. The van der Waals surface area contributed by atoms with Crippen molar-refractivity contribution >= 4 is 21.8 Å². The van der Waals surface area contributed by atoms with Gasteiger partial charge in [0, 0.05) is 10.0 Å². The lowest BCUT2D eigenvalue weighted by atomic mass is 10.1. The van der Waals surface area contributed by atoms with E-state index in [1.165, 1.54) is 6.20 Å². The van der Waals surface area contributed by atoms with Crippen LogP contribution in [0, 0.1) is 0 Å². The number of phenolic OH excluding ortho intramolecular Hbond substituents is 1. The summed E-state index contributed by atoms with van der Waals surface area (Å²) in [5.41, 5.74) is 7.11. The van der Waals surface area contributed by atoms with E-state index in [1.54, 1.807) is 18.2 Å². The van der Waals surface area contributed by atoms with Crippen LogP contribution in [-0.4, -0.2) is 10.3 Å². The lowest BCUT2D eigenvalue weighted by Crippen LogP contribution is -1.85. The average Bonchev–Trinajstić information content (AvgIpc) is 2.52. The smallest absolute Gasteiger partial charge is 0.229 e. The van der Waals surface area contributed by atoms with E-state index < -0.39 is 0 Å². The van der Waals surface area contributed by atoms with Gasteiger partial charge in [0.1, 0.15) is 5.75 Å². The highest BCUT2D eigenvalue weighted by atomic mass is 79.9. The van der Waals surface area contributed by atoms with E-state index >= 15 is 0 Å². The molecule has 2 rings (SSSR count). The predicted octanol–water partition coefficient (Wildman–Crippen LogP) is 2.39. The number of nitrogen functional groups attached to an aromatic ring is 1. The first-order valence-corrected chi connectivity index (χ1v) is 4.67. The first-order valence-electron chi connectivity index (χ1n) is 3.87. The maximum atomic E-state index is 9.20. The summed E-state index contributed by atoms with van der Waals surface area (Å²) in [4.78, 5) is 0. The van der Waals surface area contributed by atoms with Gasteiger partial charge in [0.05, 0.1) is 11.8 Å². The molecule has 0 saturated carbocycles. The Morgan fingerprint density at radius 1 is 1.36 bits per heavy atom. The zero-order valence-electron chi connectivity index (χ0n) is 7.07. The monoisotopic (exact) mass is 254 g/mol. The SMILES string of the molecule is Nc1oncc1-c1ccc(O)cc1Br. The van der Waals surface area contributed by atoms with Crippen LogP contribution in [0.5, 0.6) is 5.75 Å². The number of phenols is 1. The van der Waals surface area contributed by atoms with Crippen molar-refractivity contribution < 1.29 is 9.63 Å². The Bertz CT molecular complexity index is 468. The van der Waals surface area contributed by atoms with Crippen LogP contribution in [0.3, 0.4) is 0 Å². The summed E-state index contributed by atoms with van der Waals surface area (Å²) in [6.07, 6.45) is 1.53. The third-order valence-corrected chi connectivity index (χ3v) is 2.50. The Balaban J connectivity index is 2.58. The number of aromatic nitrogens is 1. The van der Waals surface area contributed by atoms with Crippen molar-refractivity contribution in [1.82, 2.24) is 5.16 Å². The van der Waals surface area contributed by atoms with Crippen LogP contribution in [-0.2, 0) is 0 Å². The summed E-state index contributed by atoms with van der Waals surface area (Å²) < 4.78 is 5.49. The summed E-state index contributed by atoms with van der Waals surface area (Å²) in [7, 11) is 0. The quantitative estimate of drug-likeness (QED) is 0.820. The van der Waals surface area contributed by atoms with Crippen LogP contribution in [0.2, 0.25) is 0 Å². The number of halogens is 1. The first-order chi connectivity index (χ1) is 6.68. The van der Waals surface area contributed by atoms with Crippen LogP contribution in [0.4, 0.5) is 5.88 Å². The maximum absolute atomic E-state index is 9.20. The molecule has 14 heavy (non-hydrogen) atoms. The molecule has 72 valence electrons. The highest BCUT2D eigenvalue weighted by Gasteiger charge is 2.10. The van der Waals surface area contributed by atoms with E-state index in [0.29, 0.717) is 5.56 Å². The van der Waals surface area contributed by atoms with Gasteiger partial charge in [-0.2, -0.15) is 0 Å². The molecule has 2 aromatic rings. The minimum atomic E-state index is 0.190. The first kappa shape index (κ1) is 9.08. The zero-order valence-corrected chi connectivity index (χ0v) is 8.65. The second-order valence-electron chi connectivity index (χ2n) is 2.77. The molecule has 4 nitrogen and oxygen atoms in total. The lowest BCUT2D eigenvalue weighted by molar-refractivity contribution is 0.436. The van der Waals surface area contributed by atoms with E-state index in [0.717, 1.165) is 10.0 Å². The summed E-state index contributed by atoms with van der Waals surface area (Å²) in [6, 6.07) is 4.90. The molecule has 0 bridgehead atoms. The Morgan fingerprint density at radius 3 is 2.71 bits per heavy atom. The van der Waals surface area contributed by atoms with E-state index in [2.05, 4.69) is 21.1 Å². The molecule has 0 aliphatic carbocycles. The minimum Gasteiger partial charge on any atom is -0.508 e. The number of benzene rings is 1. The van der Waals surface area contributed by atoms with Crippen molar-refractivity contribution in [3.63, 3.8) is 0 Å². The molecule has 0 atom stereocenters. The van der Waals surface area contributed by atoms with Crippen LogP contribution < -0.4 is 5.73 Å². The average molecular weight is 255 g/mol. The van der Waals surface area contributed by atoms with E-state index in [4.69, 9.17) is 10.3 Å². The third-order valence-electron chi connectivity index (χ3n) is 1.84. The fraction of sp³-hybridized carbons (Fsp3) is 0. The largest absolute Gasteiger partial charge is 0.508 e. The Hall–Kier alpha value is -1.49. The van der Waals surface area contributed by atoms with E-state index in [-0.39, 0.29) is 11.6 Å². The van der Waals surface area contributed by atoms with Gasteiger partial charge >= 0.3 is 0 Å². The minimum absolute atomic E-state index is 0.190. The molecule has 0 unspecified atom stereocenters. The number of aromatic hydroxyl groups is 1. The number of hydrogen-bond donors (Lipinski definition) is 2. The van der Waals surface area contributed by atoms with Gasteiger partial charge in [0.15, 0.2) is 0 Å². The van der Waals surface area contributed by atoms with Gasteiger partial charge in [-0.15, -0.1) is 0 Å². The van der Waals surface area contributed by atoms with Gasteiger partial charge in [-0.3, -0.25) is 0 Å². The molecule has 0 spiro atoms. The summed E-state index contributed by atoms with van der Waals surface area (Å²) >= 11 is 3.32. The summed E-state index contributed by atoms with van der Waals surface area (Å²) in [6.45, 7) is 0. The molecule has 0 fully saturated rings. The molecule has 0 saturated heterocycles. The third kappa shape index (κ3) is 1.46. The van der Waals surface area contributed by atoms with Crippen molar-refractivity contribution in [1.29, 1.82) is 0 Å². The topological polar surface area (TPSA) is 72.3 Å². The second-order valence-corrected chi connectivity index (χ2v) is 3.62. The van der Waals surface area contributed by atoms with Crippen LogP contribution in [0.1, 0.15) is 0 Å². The Kier molecular flexibility index (Phi) is 2.17. The molecule has 1 heterocycles. The number of nitrogens with zero attached hydrogens (tertiary/aromatic N) is 1. The Morgan fingerprint density at radius 2 is 2.14 bits per heavy atom. The normalized spacial score (nSPS) is 10.4. The van der Waals surface area contributed by atoms with Gasteiger partial charge < -0.3 is 15.4 Å². The molecule has 1 aromatic heterocycles. The molecule has 0 aliphatic rings. The van der Waals surface area contributed by atoms with Gasteiger partial charge in [-0.05, 0) is 18.2 Å². The fourth-order valence-electron chi connectivity index (χ4n) is 1.17. The van der Waals surface area contributed by atoms with Crippen LogP contribution in [0.15, 0.2) is 33.4 Å². The maximum Gasteiger partial charge on any atom is 0.229 e. The molecule has 1 aromatic carbocycles. The Labute approximate surface area is 88.5 Å². The van der Waals surface area contributed by atoms with E-state index in [9.17, 15) is 5.11 Å².